The molecule has 0 fully saturated rings. The number of nitro benzene ring substituents is 1. The second-order valence-electron chi connectivity index (χ2n) is 4.39. The molecule has 7 nitrogen and oxygen atoms in total. The van der Waals surface area contributed by atoms with Gasteiger partial charge in [-0.3, -0.25) is 10.1 Å². The molecule has 2 aromatic carbocycles. The van der Waals surface area contributed by atoms with Gasteiger partial charge in [0.2, 0.25) is 5.75 Å². The third-order valence-corrected chi connectivity index (χ3v) is 2.93. The standard InChI is InChI=1S/C14H12N2O5/c15-9-1-3-10(4-2-9)21-12-8-14-13(19-5-6-20-14)7-11(12)16(17)18/h1-4,7-8H,5-6,15H2. The molecule has 0 unspecified atom stereocenters. The van der Waals surface area contributed by atoms with Crippen LogP contribution >= 0.6 is 0 Å². The number of nitrogens with zero attached hydrogens (tertiary/aromatic N) is 1. The van der Waals surface area contributed by atoms with E-state index in [0.717, 1.165) is 0 Å². The van der Waals surface area contributed by atoms with E-state index in [2.05, 4.69) is 0 Å². The number of rotatable bonds is 3. The fourth-order valence-electron chi connectivity index (χ4n) is 1.95. The van der Waals surface area contributed by atoms with E-state index in [0.29, 0.717) is 36.1 Å². The highest BCUT2D eigenvalue weighted by atomic mass is 16.6. The first-order chi connectivity index (χ1) is 10.1. The summed E-state index contributed by atoms with van der Waals surface area (Å²) in [4.78, 5) is 10.6. The van der Waals surface area contributed by atoms with Crippen molar-refractivity contribution in [3.63, 3.8) is 0 Å². The molecule has 0 radical (unpaired) electrons. The summed E-state index contributed by atoms with van der Waals surface area (Å²) in [5, 5.41) is 11.2. The average Bonchev–Trinajstić information content (AvgIpc) is 2.48. The van der Waals surface area contributed by atoms with Gasteiger partial charge in [-0.15, -0.1) is 0 Å². The lowest BCUT2D eigenvalue weighted by Crippen LogP contribution is -2.15. The molecule has 0 aliphatic carbocycles. The van der Waals surface area contributed by atoms with Crippen molar-refractivity contribution in [2.24, 2.45) is 0 Å². The Morgan fingerprint density at radius 3 is 2.33 bits per heavy atom. The summed E-state index contributed by atoms with van der Waals surface area (Å²) in [5.41, 5.74) is 5.99. The Labute approximate surface area is 120 Å². The number of hydrogen-bond donors (Lipinski definition) is 1. The summed E-state index contributed by atoms with van der Waals surface area (Å²) >= 11 is 0. The number of nitrogens with two attached hydrogens (primary N) is 1. The third kappa shape index (κ3) is 2.66. The highest BCUT2D eigenvalue weighted by Crippen LogP contribution is 2.42. The van der Waals surface area contributed by atoms with Crippen LogP contribution in [0.25, 0.3) is 0 Å². The minimum Gasteiger partial charge on any atom is -0.486 e. The van der Waals surface area contributed by atoms with Crippen LogP contribution in [0.1, 0.15) is 0 Å². The zero-order valence-corrected chi connectivity index (χ0v) is 10.9. The molecule has 1 heterocycles. The van der Waals surface area contributed by atoms with E-state index in [1.807, 2.05) is 0 Å². The van der Waals surface area contributed by atoms with Crippen molar-refractivity contribution < 1.29 is 19.1 Å². The molecule has 7 heteroatoms. The van der Waals surface area contributed by atoms with E-state index in [1.54, 1.807) is 24.3 Å². The lowest BCUT2D eigenvalue weighted by Gasteiger charge is -2.19. The Hall–Kier alpha value is -2.96. The molecule has 0 atom stereocenters. The highest BCUT2D eigenvalue weighted by Gasteiger charge is 2.23. The quantitative estimate of drug-likeness (QED) is 0.530. The van der Waals surface area contributed by atoms with E-state index in [4.69, 9.17) is 19.9 Å². The first-order valence-electron chi connectivity index (χ1n) is 6.25. The number of anilines is 1. The molecule has 2 aromatic rings. The molecule has 3 rings (SSSR count). The Bertz CT molecular complexity index is 685. The summed E-state index contributed by atoms with van der Waals surface area (Å²) in [6.45, 7) is 0.758. The largest absolute Gasteiger partial charge is 0.486 e. The third-order valence-electron chi connectivity index (χ3n) is 2.93. The molecule has 108 valence electrons. The summed E-state index contributed by atoms with van der Waals surface area (Å²) in [5.74, 6) is 1.31. The van der Waals surface area contributed by atoms with Gasteiger partial charge in [0.15, 0.2) is 11.5 Å². The van der Waals surface area contributed by atoms with Crippen molar-refractivity contribution in [1.29, 1.82) is 0 Å². The molecular weight excluding hydrogens is 276 g/mol. The Morgan fingerprint density at radius 2 is 1.71 bits per heavy atom. The SMILES string of the molecule is Nc1ccc(Oc2cc3c(cc2[N+](=O)[O-])OCCO3)cc1. The van der Waals surface area contributed by atoms with Crippen molar-refractivity contribution in [2.45, 2.75) is 0 Å². The molecule has 1 aliphatic heterocycles. The van der Waals surface area contributed by atoms with Crippen molar-refractivity contribution >= 4 is 11.4 Å². The van der Waals surface area contributed by atoms with E-state index >= 15 is 0 Å². The predicted octanol–water partition coefficient (Wildman–Crippen LogP) is 2.74. The maximum absolute atomic E-state index is 11.2. The Kier molecular flexibility index (Phi) is 3.23. The molecule has 0 saturated carbocycles. The number of fused-ring (bicyclic) bond motifs is 1. The molecule has 0 amide bonds. The Balaban J connectivity index is 1.99. The molecule has 0 aromatic heterocycles. The van der Waals surface area contributed by atoms with Crippen LogP contribution in [0, 0.1) is 10.1 Å². The summed E-state index contributed by atoms with van der Waals surface area (Å²) in [6.07, 6.45) is 0. The zero-order valence-electron chi connectivity index (χ0n) is 10.9. The van der Waals surface area contributed by atoms with Crippen molar-refractivity contribution in [3.05, 3.63) is 46.5 Å². The van der Waals surface area contributed by atoms with Crippen LogP contribution in [0.4, 0.5) is 11.4 Å². The van der Waals surface area contributed by atoms with Gasteiger partial charge >= 0.3 is 5.69 Å². The molecule has 1 aliphatic rings. The number of nitrogen functional groups attached to an aromatic ring is 1. The van der Waals surface area contributed by atoms with Gasteiger partial charge in [0.1, 0.15) is 19.0 Å². The van der Waals surface area contributed by atoms with Gasteiger partial charge in [0.25, 0.3) is 0 Å². The highest BCUT2D eigenvalue weighted by molar-refractivity contribution is 5.59. The minimum absolute atomic E-state index is 0.0917. The van der Waals surface area contributed by atoms with Crippen molar-refractivity contribution in [3.8, 4) is 23.0 Å². The van der Waals surface area contributed by atoms with E-state index in [-0.39, 0.29) is 11.4 Å². The van der Waals surface area contributed by atoms with Gasteiger partial charge in [-0.25, -0.2) is 0 Å². The number of ether oxygens (including phenoxy) is 3. The summed E-state index contributed by atoms with van der Waals surface area (Å²) < 4.78 is 16.3. The monoisotopic (exact) mass is 288 g/mol. The Morgan fingerprint density at radius 1 is 1.10 bits per heavy atom. The lowest BCUT2D eigenvalue weighted by atomic mass is 10.2. The predicted molar refractivity (Wildman–Crippen MR) is 75.0 cm³/mol. The van der Waals surface area contributed by atoms with Gasteiger partial charge in [0.05, 0.1) is 11.0 Å². The number of nitro groups is 1. The van der Waals surface area contributed by atoms with Crippen LogP contribution in [0.15, 0.2) is 36.4 Å². The van der Waals surface area contributed by atoms with Crippen LogP contribution in [0.3, 0.4) is 0 Å². The lowest BCUT2D eigenvalue weighted by molar-refractivity contribution is -0.385. The van der Waals surface area contributed by atoms with E-state index < -0.39 is 4.92 Å². The maximum Gasteiger partial charge on any atom is 0.315 e. The van der Waals surface area contributed by atoms with E-state index in [1.165, 1.54) is 12.1 Å². The number of benzene rings is 2. The first kappa shape index (κ1) is 13.0. The van der Waals surface area contributed by atoms with Gasteiger partial charge in [-0.05, 0) is 24.3 Å². The first-order valence-corrected chi connectivity index (χ1v) is 6.25. The van der Waals surface area contributed by atoms with Crippen LogP contribution in [-0.2, 0) is 0 Å². The molecular formula is C14H12N2O5. The van der Waals surface area contributed by atoms with Crippen molar-refractivity contribution in [1.82, 2.24) is 0 Å². The fraction of sp³-hybridized carbons (Fsp3) is 0.143. The average molecular weight is 288 g/mol. The van der Waals surface area contributed by atoms with E-state index in [9.17, 15) is 10.1 Å². The molecule has 2 N–H and O–H groups in total. The minimum atomic E-state index is -0.523. The number of hydrogen-bond acceptors (Lipinski definition) is 6. The van der Waals surface area contributed by atoms with Crippen LogP contribution in [0.5, 0.6) is 23.0 Å². The maximum atomic E-state index is 11.2. The van der Waals surface area contributed by atoms with Crippen LogP contribution in [0.2, 0.25) is 0 Å². The topological polar surface area (TPSA) is 96.9 Å². The van der Waals surface area contributed by atoms with Gasteiger partial charge in [0, 0.05) is 11.8 Å². The summed E-state index contributed by atoms with van der Waals surface area (Å²) in [6, 6.07) is 9.34. The second kappa shape index (κ2) is 5.20. The van der Waals surface area contributed by atoms with Gasteiger partial charge in [-0.1, -0.05) is 0 Å². The summed E-state index contributed by atoms with van der Waals surface area (Å²) in [7, 11) is 0. The van der Waals surface area contributed by atoms with Crippen LogP contribution < -0.4 is 19.9 Å². The van der Waals surface area contributed by atoms with Gasteiger partial charge < -0.3 is 19.9 Å². The second-order valence-corrected chi connectivity index (χ2v) is 4.39. The molecule has 0 saturated heterocycles. The van der Waals surface area contributed by atoms with Crippen molar-refractivity contribution in [2.75, 3.05) is 18.9 Å². The molecule has 21 heavy (non-hydrogen) atoms. The van der Waals surface area contributed by atoms with Gasteiger partial charge in [-0.2, -0.15) is 0 Å². The fourth-order valence-corrected chi connectivity index (χ4v) is 1.95. The molecule has 0 bridgehead atoms. The molecule has 0 spiro atoms. The smallest absolute Gasteiger partial charge is 0.315 e. The normalized spacial score (nSPS) is 12.8. The zero-order chi connectivity index (χ0) is 14.8. The van der Waals surface area contributed by atoms with Crippen LogP contribution in [-0.4, -0.2) is 18.1 Å².